The standard InChI is InChI=1S/C23H22ClN3O4/c1-13(2)26-23(28)31-22-16(12-29-3)20-18(11-25-22)27-17-5-4-6-19(21(17)20)30-15-9-7-14(24)8-10-15/h4-11,13,27H,12H2,1-3H3,(H,26,28). The Balaban J connectivity index is 1.86. The lowest BCUT2D eigenvalue weighted by Crippen LogP contribution is -2.33. The van der Waals surface area contributed by atoms with E-state index in [1.165, 1.54) is 0 Å². The van der Waals surface area contributed by atoms with Gasteiger partial charge in [-0.25, -0.2) is 9.78 Å². The second kappa shape index (κ2) is 8.83. The molecule has 0 saturated carbocycles. The van der Waals surface area contributed by atoms with Crippen molar-refractivity contribution in [3.05, 3.63) is 59.2 Å². The zero-order valence-electron chi connectivity index (χ0n) is 17.4. The average molecular weight is 440 g/mol. The molecule has 0 aliphatic rings. The molecule has 0 aliphatic heterocycles. The Hall–Kier alpha value is -3.29. The van der Waals surface area contributed by atoms with E-state index >= 15 is 0 Å². The van der Waals surface area contributed by atoms with Crippen LogP contribution in [0.25, 0.3) is 21.8 Å². The van der Waals surface area contributed by atoms with Crippen LogP contribution in [0.15, 0.2) is 48.7 Å². The highest BCUT2D eigenvalue weighted by atomic mass is 35.5. The van der Waals surface area contributed by atoms with Crippen LogP contribution >= 0.6 is 11.6 Å². The first-order valence-electron chi connectivity index (χ1n) is 9.79. The number of nitrogens with zero attached hydrogens (tertiary/aromatic N) is 1. The summed E-state index contributed by atoms with van der Waals surface area (Å²) in [6.07, 6.45) is 1.06. The molecule has 0 fully saturated rings. The normalized spacial score (nSPS) is 11.3. The van der Waals surface area contributed by atoms with E-state index < -0.39 is 6.09 Å². The maximum Gasteiger partial charge on any atom is 0.414 e. The number of pyridine rings is 1. The molecule has 2 aromatic carbocycles. The SMILES string of the molecule is COCc1c(OC(=O)NC(C)C)ncc2[nH]c3cccc(Oc4ccc(Cl)cc4)c3c12. The lowest BCUT2D eigenvalue weighted by atomic mass is 10.1. The molecule has 8 heteroatoms. The minimum Gasteiger partial charge on any atom is -0.457 e. The van der Waals surface area contributed by atoms with Crippen LogP contribution in [-0.4, -0.2) is 29.2 Å². The predicted molar refractivity (Wildman–Crippen MR) is 120 cm³/mol. The van der Waals surface area contributed by atoms with Gasteiger partial charge in [-0.05, 0) is 50.2 Å². The van der Waals surface area contributed by atoms with Crippen LogP contribution in [0.1, 0.15) is 19.4 Å². The summed E-state index contributed by atoms with van der Waals surface area (Å²) < 4.78 is 17.1. The summed E-state index contributed by atoms with van der Waals surface area (Å²) in [5, 5.41) is 5.00. The molecule has 31 heavy (non-hydrogen) atoms. The third-order valence-corrected chi connectivity index (χ3v) is 4.86. The number of carbonyl (C=O) groups excluding carboxylic acids is 1. The average Bonchev–Trinajstić information content (AvgIpc) is 3.11. The first-order chi connectivity index (χ1) is 15.0. The first kappa shape index (κ1) is 21.0. The molecule has 0 aliphatic carbocycles. The molecule has 1 amide bonds. The van der Waals surface area contributed by atoms with Gasteiger partial charge in [-0.3, -0.25) is 0 Å². The maximum absolute atomic E-state index is 12.2. The van der Waals surface area contributed by atoms with Crippen molar-refractivity contribution in [1.29, 1.82) is 0 Å². The van der Waals surface area contributed by atoms with Gasteiger partial charge in [0, 0.05) is 23.6 Å². The number of H-pyrrole nitrogens is 1. The molecule has 0 atom stereocenters. The van der Waals surface area contributed by atoms with Crippen LogP contribution in [0.2, 0.25) is 5.02 Å². The summed E-state index contributed by atoms with van der Waals surface area (Å²) in [5.74, 6) is 1.49. The summed E-state index contributed by atoms with van der Waals surface area (Å²) in [7, 11) is 1.58. The summed E-state index contributed by atoms with van der Waals surface area (Å²) in [5.41, 5.74) is 2.30. The first-order valence-corrected chi connectivity index (χ1v) is 10.2. The minimum atomic E-state index is -0.573. The number of hydrogen-bond acceptors (Lipinski definition) is 5. The third kappa shape index (κ3) is 4.42. The monoisotopic (exact) mass is 439 g/mol. The molecule has 4 aromatic rings. The molecule has 2 N–H and O–H groups in total. The number of rotatable bonds is 6. The molecule has 2 heterocycles. The van der Waals surface area contributed by atoms with E-state index in [9.17, 15) is 4.79 Å². The largest absolute Gasteiger partial charge is 0.457 e. The zero-order chi connectivity index (χ0) is 22.0. The lowest BCUT2D eigenvalue weighted by Gasteiger charge is -2.13. The van der Waals surface area contributed by atoms with E-state index in [0.29, 0.717) is 22.1 Å². The number of benzene rings is 2. The minimum absolute atomic E-state index is 0.0606. The van der Waals surface area contributed by atoms with Gasteiger partial charge in [0.25, 0.3) is 0 Å². The fraction of sp³-hybridized carbons (Fsp3) is 0.217. The smallest absolute Gasteiger partial charge is 0.414 e. The van der Waals surface area contributed by atoms with Crippen molar-refractivity contribution in [2.45, 2.75) is 26.5 Å². The highest BCUT2D eigenvalue weighted by Crippen LogP contribution is 2.39. The number of aromatic amines is 1. The van der Waals surface area contributed by atoms with Crippen LogP contribution in [0.5, 0.6) is 17.4 Å². The molecule has 7 nitrogen and oxygen atoms in total. The summed E-state index contributed by atoms with van der Waals surface area (Å²) in [6.45, 7) is 3.92. The molecule has 160 valence electrons. The molecule has 0 unspecified atom stereocenters. The highest BCUT2D eigenvalue weighted by molar-refractivity contribution is 6.30. The number of aromatic nitrogens is 2. The molecular weight excluding hydrogens is 418 g/mol. The van der Waals surface area contributed by atoms with Gasteiger partial charge in [0.2, 0.25) is 5.88 Å². The van der Waals surface area contributed by atoms with Crippen molar-refractivity contribution in [2.75, 3.05) is 7.11 Å². The van der Waals surface area contributed by atoms with Gasteiger partial charge in [-0.1, -0.05) is 17.7 Å². The van der Waals surface area contributed by atoms with Crippen molar-refractivity contribution in [2.24, 2.45) is 0 Å². The Morgan fingerprint density at radius 1 is 1.13 bits per heavy atom. The molecule has 4 rings (SSSR count). The van der Waals surface area contributed by atoms with Crippen LogP contribution < -0.4 is 14.8 Å². The Labute approximate surface area is 184 Å². The van der Waals surface area contributed by atoms with Crippen LogP contribution in [-0.2, 0) is 11.3 Å². The van der Waals surface area contributed by atoms with Crippen molar-refractivity contribution >= 4 is 39.5 Å². The third-order valence-electron chi connectivity index (χ3n) is 4.61. The topological polar surface area (TPSA) is 85.5 Å². The fourth-order valence-electron chi connectivity index (χ4n) is 3.39. The summed E-state index contributed by atoms with van der Waals surface area (Å²) in [4.78, 5) is 19.9. The molecule has 2 aromatic heterocycles. The van der Waals surface area contributed by atoms with Gasteiger partial charge in [-0.2, -0.15) is 0 Å². The highest BCUT2D eigenvalue weighted by Gasteiger charge is 2.20. The van der Waals surface area contributed by atoms with Crippen molar-refractivity contribution in [3.8, 4) is 17.4 Å². The van der Waals surface area contributed by atoms with Gasteiger partial charge in [-0.15, -0.1) is 0 Å². The van der Waals surface area contributed by atoms with Gasteiger partial charge < -0.3 is 24.5 Å². The Kier molecular flexibility index (Phi) is 5.97. The molecule has 0 radical (unpaired) electrons. The van der Waals surface area contributed by atoms with Gasteiger partial charge in [0.1, 0.15) is 11.5 Å². The van der Waals surface area contributed by atoms with Crippen LogP contribution in [0.3, 0.4) is 0 Å². The Bertz CT molecular complexity index is 1240. The predicted octanol–water partition coefficient (Wildman–Crippen LogP) is 5.81. The number of carbonyl (C=O) groups is 1. The summed E-state index contributed by atoms with van der Waals surface area (Å²) in [6, 6.07) is 12.8. The zero-order valence-corrected chi connectivity index (χ0v) is 18.1. The van der Waals surface area contributed by atoms with Crippen LogP contribution in [0.4, 0.5) is 4.79 Å². The second-order valence-corrected chi connectivity index (χ2v) is 7.75. The van der Waals surface area contributed by atoms with Crippen molar-refractivity contribution in [3.63, 3.8) is 0 Å². The number of halogens is 1. The number of fused-ring (bicyclic) bond motifs is 3. The van der Waals surface area contributed by atoms with Crippen molar-refractivity contribution < 1.29 is 19.0 Å². The van der Waals surface area contributed by atoms with E-state index in [0.717, 1.165) is 21.8 Å². The van der Waals surface area contributed by atoms with E-state index in [2.05, 4.69) is 15.3 Å². The maximum atomic E-state index is 12.2. The number of hydrogen-bond donors (Lipinski definition) is 2. The van der Waals surface area contributed by atoms with Gasteiger partial charge in [0.05, 0.1) is 34.8 Å². The molecule has 0 spiro atoms. The van der Waals surface area contributed by atoms with E-state index in [-0.39, 0.29) is 18.5 Å². The fourth-order valence-corrected chi connectivity index (χ4v) is 3.51. The number of ether oxygens (including phenoxy) is 3. The second-order valence-electron chi connectivity index (χ2n) is 7.31. The van der Waals surface area contributed by atoms with Gasteiger partial charge >= 0.3 is 6.09 Å². The molecular formula is C23H22ClN3O4. The Morgan fingerprint density at radius 3 is 2.61 bits per heavy atom. The number of nitrogens with one attached hydrogen (secondary N) is 2. The Morgan fingerprint density at radius 2 is 1.90 bits per heavy atom. The number of methoxy groups -OCH3 is 1. The van der Waals surface area contributed by atoms with Gasteiger partial charge in [0.15, 0.2) is 0 Å². The molecule has 0 bridgehead atoms. The van der Waals surface area contributed by atoms with Crippen molar-refractivity contribution in [1.82, 2.24) is 15.3 Å². The number of amides is 1. The summed E-state index contributed by atoms with van der Waals surface area (Å²) >= 11 is 5.99. The quantitative estimate of drug-likeness (QED) is 0.396. The molecule has 0 saturated heterocycles. The van der Waals surface area contributed by atoms with E-state index in [1.807, 2.05) is 32.0 Å². The lowest BCUT2D eigenvalue weighted by molar-refractivity contribution is 0.176. The van der Waals surface area contributed by atoms with E-state index in [1.54, 1.807) is 37.6 Å². The van der Waals surface area contributed by atoms with Crippen LogP contribution in [0, 0.1) is 0 Å². The van der Waals surface area contributed by atoms with E-state index in [4.69, 9.17) is 25.8 Å².